The smallest absolute Gasteiger partial charge is 0.355 e. The average Bonchev–Trinajstić information content (AvgIpc) is 2.82. The lowest BCUT2D eigenvalue weighted by Crippen LogP contribution is -2.24. The van der Waals surface area contributed by atoms with Gasteiger partial charge in [-0.05, 0) is 26.3 Å². The minimum absolute atomic E-state index is 0.0940. The van der Waals surface area contributed by atoms with Crippen LogP contribution in [0.4, 0.5) is 0 Å². The number of benzene rings is 1. The molecule has 124 valence electrons. The highest BCUT2D eigenvalue weighted by Crippen LogP contribution is 2.23. The second-order valence-corrected chi connectivity index (χ2v) is 6.81. The molecule has 0 fully saturated rings. The zero-order valence-corrected chi connectivity index (χ0v) is 14.2. The number of aryl methyl sites for hydroxylation is 1. The molecule has 0 radical (unpaired) electrons. The van der Waals surface area contributed by atoms with Crippen molar-refractivity contribution in [1.29, 1.82) is 0 Å². The SMILES string of the molecule is CCOC(=O)c1[nH]c(C)c(S(=O)(=O)NCc2ccccc2)c1C. The van der Waals surface area contributed by atoms with Gasteiger partial charge >= 0.3 is 5.97 Å². The molecule has 0 amide bonds. The van der Waals surface area contributed by atoms with Gasteiger partial charge in [0.15, 0.2) is 0 Å². The minimum Gasteiger partial charge on any atom is -0.461 e. The molecule has 0 spiro atoms. The lowest BCUT2D eigenvalue weighted by atomic mass is 10.2. The largest absolute Gasteiger partial charge is 0.461 e. The van der Waals surface area contributed by atoms with Crippen molar-refractivity contribution in [2.75, 3.05) is 6.61 Å². The Morgan fingerprint density at radius 1 is 1.22 bits per heavy atom. The first-order chi connectivity index (χ1) is 10.9. The van der Waals surface area contributed by atoms with Crippen molar-refractivity contribution in [2.24, 2.45) is 0 Å². The fraction of sp³-hybridized carbons (Fsp3) is 0.312. The lowest BCUT2D eigenvalue weighted by molar-refractivity contribution is 0.0519. The number of rotatable bonds is 6. The number of hydrogen-bond acceptors (Lipinski definition) is 4. The molecule has 7 heteroatoms. The molecule has 23 heavy (non-hydrogen) atoms. The first-order valence-corrected chi connectivity index (χ1v) is 8.75. The van der Waals surface area contributed by atoms with E-state index >= 15 is 0 Å². The Morgan fingerprint density at radius 3 is 2.48 bits per heavy atom. The minimum atomic E-state index is -3.74. The Labute approximate surface area is 135 Å². The third-order valence-corrected chi connectivity index (χ3v) is 5.10. The van der Waals surface area contributed by atoms with Gasteiger partial charge in [-0.1, -0.05) is 30.3 Å². The Morgan fingerprint density at radius 2 is 1.87 bits per heavy atom. The van der Waals surface area contributed by atoms with E-state index in [0.717, 1.165) is 5.56 Å². The fourth-order valence-corrected chi connectivity index (χ4v) is 3.85. The van der Waals surface area contributed by atoms with Gasteiger partial charge < -0.3 is 9.72 Å². The maximum atomic E-state index is 12.6. The quantitative estimate of drug-likeness (QED) is 0.792. The lowest BCUT2D eigenvalue weighted by Gasteiger charge is -2.08. The molecule has 1 aromatic carbocycles. The number of carbonyl (C=O) groups excluding carboxylic acids is 1. The highest BCUT2D eigenvalue weighted by atomic mass is 32.2. The van der Waals surface area contributed by atoms with Gasteiger partial charge in [0.05, 0.1) is 6.61 Å². The fourth-order valence-electron chi connectivity index (χ4n) is 2.39. The zero-order chi connectivity index (χ0) is 17.0. The summed E-state index contributed by atoms with van der Waals surface area (Å²) >= 11 is 0. The summed E-state index contributed by atoms with van der Waals surface area (Å²) in [5.41, 5.74) is 1.80. The molecule has 2 aromatic rings. The van der Waals surface area contributed by atoms with Crippen molar-refractivity contribution < 1.29 is 17.9 Å². The third kappa shape index (κ3) is 3.80. The molecule has 2 rings (SSSR count). The highest BCUT2D eigenvalue weighted by molar-refractivity contribution is 7.89. The van der Waals surface area contributed by atoms with Crippen molar-refractivity contribution in [3.63, 3.8) is 0 Å². The molecule has 0 aliphatic carbocycles. The van der Waals surface area contributed by atoms with Gasteiger partial charge in [-0.25, -0.2) is 17.9 Å². The Bertz CT molecular complexity index is 795. The predicted molar refractivity (Wildman–Crippen MR) is 86.7 cm³/mol. The van der Waals surface area contributed by atoms with Crippen LogP contribution in [0.5, 0.6) is 0 Å². The number of ether oxygens (including phenoxy) is 1. The number of sulfonamides is 1. The maximum absolute atomic E-state index is 12.6. The van der Waals surface area contributed by atoms with E-state index in [1.165, 1.54) is 0 Å². The van der Waals surface area contributed by atoms with Crippen LogP contribution in [0.1, 0.15) is 34.2 Å². The molecule has 2 N–H and O–H groups in total. The van der Waals surface area contributed by atoms with Crippen LogP contribution in [0, 0.1) is 13.8 Å². The predicted octanol–water partition coefficient (Wildman–Crippen LogP) is 2.29. The molecular weight excluding hydrogens is 316 g/mol. The summed E-state index contributed by atoms with van der Waals surface area (Å²) in [5, 5.41) is 0. The van der Waals surface area contributed by atoms with Crippen LogP contribution in [0.3, 0.4) is 0 Å². The van der Waals surface area contributed by atoms with Gasteiger partial charge in [0.2, 0.25) is 10.0 Å². The van der Waals surface area contributed by atoms with Crippen molar-refractivity contribution in [2.45, 2.75) is 32.2 Å². The number of carbonyl (C=O) groups is 1. The topological polar surface area (TPSA) is 88.3 Å². The first-order valence-electron chi connectivity index (χ1n) is 7.26. The van der Waals surface area contributed by atoms with Gasteiger partial charge in [-0.3, -0.25) is 0 Å². The first kappa shape index (κ1) is 17.2. The second kappa shape index (κ2) is 6.97. The van der Waals surface area contributed by atoms with E-state index in [9.17, 15) is 13.2 Å². The van der Waals surface area contributed by atoms with Crippen LogP contribution in [0.2, 0.25) is 0 Å². The van der Waals surface area contributed by atoms with E-state index in [0.29, 0.717) is 11.3 Å². The maximum Gasteiger partial charge on any atom is 0.355 e. The number of aromatic nitrogens is 1. The van der Waals surface area contributed by atoms with Crippen LogP contribution in [-0.4, -0.2) is 26.0 Å². The number of nitrogens with one attached hydrogen (secondary N) is 2. The standard InChI is InChI=1S/C16H20N2O4S/c1-4-22-16(19)14-11(2)15(12(3)18-14)23(20,21)17-10-13-8-6-5-7-9-13/h5-9,17-18H,4,10H2,1-3H3. The van der Waals surface area contributed by atoms with Gasteiger partial charge in [0.25, 0.3) is 0 Å². The van der Waals surface area contributed by atoms with Gasteiger partial charge in [0.1, 0.15) is 10.6 Å². The molecule has 0 aliphatic heterocycles. The summed E-state index contributed by atoms with van der Waals surface area (Å²) in [6.45, 7) is 5.31. The molecule has 0 atom stereocenters. The summed E-state index contributed by atoms with van der Waals surface area (Å²) in [7, 11) is -3.74. The van der Waals surface area contributed by atoms with Crippen LogP contribution >= 0.6 is 0 Å². The van der Waals surface area contributed by atoms with Gasteiger partial charge in [-0.15, -0.1) is 0 Å². The molecule has 6 nitrogen and oxygen atoms in total. The summed E-state index contributed by atoms with van der Waals surface area (Å²) in [5.74, 6) is -0.558. The van der Waals surface area contributed by atoms with Gasteiger partial charge in [0, 0.05) is 17.8 Å². The number of aromatic amines is 1. The van der Waals surface area contributed by atoms with Gasteiger partial charge in [-0.2, -0.15) is 0 Å². The second-order valence-electron chi connectivity index (χ2n) is 5.11. The summed E-state index contributed by atoms with van der Waals surface area (Å²) in [6, 6.07) is 9.22. The highest BCUT2D eigenvalue weighted by Gasteiger charge is 2.26. The van der Waals surface area contributed by atoms with E-state index in [1.807, 2.05) is 30.3 Å². The zero-order valence-electron chi connectivity index (χ0n) is 13.3. The van der Waals surface area contributed by atoms with Crippen molar-refractivity contribution >= 4 is 16.0 Å². The normalized spacial score (nSPS) is 11.4. The van der Waals surface area contributed by atoms with E-state index < -0.39 is 16.0 Å². The molecule has 1 heterocycles. The summed E-state index contributed by atoms with van der Waals surface area (Å²) in [4.78, 5) is 14.8. The van der Waals surface area contributed by atoms with Crippen LogP contribution in [0.25, 0.3) is 0 Å². The number of hydrogen-bond donors (Lipinski definition) is 2. The summed E-state index contributed by atoms with van der Waals surface area (Å²) in [6.07, 6.45) is 0. The monoisotopic (exact) mass is 336 g/mol. The molecular formula is C16H20N2O4S. The van der Waals surface area contributed by atoms with Crippen molar-refractivity contribution in [3.8, 4) is 0 Å². The molecule has 0 saturated heterocycles. The molecule has 0 bridgehead atoms. The van der Waals surface area contributed by atoms with E-state index in [2.05, 4.69) is 9.71 Å². The third-order valence-electron chi connectivity index (χ3n) is 3.43. The van der Waals surface area contributed by atoms with Crippen LogP contribution in [0.15, 0.2) is 35.2 Å². The van der Waals surface area contributed by atoms with E-state index in [4.69, 9.17) is 4.74 Å². The molecule has 0 aliphatic rings. The Kier molecular flexibility index (Phi) is 5.23. The molecule has 0 unspecified atom stereocenters. The van der Waals surface area contributed by atoms with Crippen molar-refractivity contribution in [3.05, 3.63) is 52.8 Å². The summed E-state index contributed by atoms with van der Waals surface area (Å²) < 4.78 is 32.6. The van der Waals surface area contributed by atoms with E-state index in [-0.39, 0.29) is 23.7 Å². The van der Waals surface area contributed by atoms with Crippen LogP contribution in [-0.2, 0) is 21.3 Å². The number of esters is 1. The van der Waals surface area contributed by atoms with Crippen molar-refractivity contribution in [1.82, 2.24) is 9.71 Å². The average molecular weight is 336 g/mol. The van der Waals surface area contributed by atoms with E-state index in [1.54, 1.807) is 20.8 Å². The molecule has 0 saturated carbocycles. The van der Waals surface area contributed by atoms with Crippen LogP contribution < -0.4 is 4.72 Å². The Balaban J connectivity index is 2.28. The number of H-pyrrole nitrogens is 1. The molecule has 1 aromatic heterocycles. The Hall–Kier alpha value is -2.12.